The lowest BCUT2D eigenvalue weighted by molar-refractivity contribution is -0.122. The van der Waals surface area contributed by atoms with E-state index in [-0.39, 0.29) is 29.9 Å². The Morgan fingerprint density at radius 2 is 1.93 bits per heavy atom. The molecule has 2 rings (SSSR count). The van der Waals surface area contributed by atoms with Crippen LogP contribution in [0.1, 0.15) is 12.5 Å². The van der Waals surface area contributed by atoms with Gasteiger partial charge in [0.25, 0.3) is 0 Å². The van der Waals surface area contributed by atoms with E-state index in [0.29, 0.717) is 38.2 Å². The Hall–Kier alpha value is -1.53. The second kappa shape index (κ2) is 14.5. The molecule has 2 N–H and O–H groups in total. The van der Waals surface area contributed by atoms with E-state index in [0.717, 1.165) is 44.7 Å². The average molecular weight is 539 g/mol. The Balaban J connectivity index is 0.00000450. The quantitative estimate of drug-likeness (QED) is 0.216. The molecule has 30 heavy (non-hydrogen) atoms. The summed E-state index contributed by atoms with van der Waals surface area (Å²) in [7, 11) is 1.60. The molecule has 1 amide bonds. The maximum Gasteiger partial charge on any atom is 0.234 e. The first-order valence-electron chi connectivity index (χ1n) is 9.99. The van der Waals surface area contributed by atoms with Gasteiger partial charge in [0.15, 0.2) is 17.6 Å². The van der Waals surface area contributed by atoms with Crippen molar-refractivity contribution in [3.63, 3.8) is 0 Å². The summed E-state index contributed by atoms with van der Waals surface area (Å²) in [6, 6.07) is 4.20. The Kier molecular flexibility index (Phi) is 12.8. The van der Waals surface area contributed by atoms with Crippen LogP contribution >= 0.6 is 24.0 Å². The van der Waals surface area contributed by atoms with Crippen molar-refractivity contribution < 1.29 is 18.3 Å². The second-order valence-electron chi connectivity index (χ2n) is 6.80. The van der Waals surface area contributed by atoms with Crippen LogP contribution in [-0.4, -0.2) is 87.7 Å². The van der Waals surface area contributed by atoms with Crippen LogP contribution in [0.3, 0.4) is 0 Å². The number of guanidine groups is 1. The molecule has 1 aliphatic heterocycles. The summed E-state index contributed by atoms with van der Waals surface area (Å²) in [5.74, 6) is -0.882. The van der Waals surface area contributed by atoms with E-state index in [4.69, 9.17) is 4.74 Å². The third-order valence-electron chi connectivity index (χ3n) is 4.68. The highest BCUT2D eigenvalue weighted by atomic mass is 127. The molecule has 170 valence electrons. The van der Waals surface area contributed by atoms with Crippen LogP contribution in [0, 0.1) is 11.6 Å². The molecule has 0 aliphatic carbocycles. The molecule has 1 aromatic rings. The number of hydrogen-bond acceptors (Lipinski definition) is 4. The largest absolute Gasteiger partial charge is 0.383 e. The van der Waals surface area contributed by atoms with Gasteiger partial charge in [0.2, 0.25) is 5.91 Å². The molecular formula is C20H32F2IN5O2. The van der Waals surface area contributed by atoms with Crippen molar-refractivity contribution in [3.05, 3.63) is 35.4 Å². The van der Waals surface area contributed by atoms with Crippen LogP contribution in [0.15, 0.2) is 23.2 Å². The molecule has 1 aliphatic rings. The van der Waals surface area contributed by atoms with Gasteiger partial charge in [-0.25, -0.2) is 8.78 Å². The lowest BCUT2D eigenvalue weighted by Gasteiger charge is -2.36. The van der Waals surface area contributed by atoms with Gasteiger partial charge in [0, 0.05) is 52.9 Å². The van der Waals surface area contributed by atoms with Crippen LogP contribution in [0.25, 0.3) is 0 Å². The summed E-state index contributed by atoms with van der Waals surface area (Å²) in [4.78, 5) is 20.7. The van der Waals surface area contributed by atoms with E-state index < -0.39 is 11.6 Å². The SMILES string of the molecule is CCNC(=NCCc1cccc(F)c1F)N1CCN(CC(=O)NCCOC)CC1.I. The molecular weight excluding hydrogens is 507 g/mol. The molecule has 0 saturated carbocycles. The van der Waals surface area contributed by atoms with E-state index >= 15 is 0 Å². The number of methoxy groups -OCH3 is 1. The van der Waals surface area contributed by atoms with Crippen molar-refractivity contribution in [2.45, 2.75) is 13.3 Å². The number of halogens is 3. The molecule has 10 heteroatoms. The van der Waals surface area contributed by atoms with Crippen molar-refractivity contribution in [2.75, 3.05) is 66.1 Å². The minimum atomic E-state index is -0.833. The molecule has 7 nitrogen and oxygen atoms in total. The topological polar surface area (TPSA) is 69.2 Å². The highest BCUT2D eigenvalue weighted by molar-refractivity contribution is 14.0. The van der Waals surface area contributed by atoms with Crippen molar-refractivity contribution in [1.82, 2.24) is 20.4 Å². The monoisotopic (exact) mass is 539 g/mol. The Labute approximate surface area is 194 Å². The van der Waals surface area contributed by atoms with E-state index in [1.165, 1.54) is 6.07 Å². The summed E-state index contributed by atoms with van der Waals surface area (Å²) < 4.78 is 32.0. The molecule has 1 saturated heterocycles. The normalized spacial score (nSPS) is 14.9. The number of hydrogen-bond donors (Lipinski definition) is 2. The zero-order valence-corrected chi connectivity index (χ0v) is 20.0. The van der Waals surface area contributed by atoms with Gasteiger partial charge in [-0.1, -0.05) is 12.1 Å². The average Bonchev–Trinajstić information content (AvgIpc) is 2.71. The van der Waals surface area contributed by atoms with E-state index in [9.17, 15) is 13.6 Å². The Morgan fingerprint density at radius 1 is 1.20 bits per heavy atom. The molecule has 1 heterocycles. The predicted molar refractivity (Wildman–Crippen MR) is 124 cm³/mol. The van der Waals surface area contributed by atoms with Crippen molar-refractivity contribution in [2.24, 2.45) is 4.99 Å². The number of nitrogens with zero attached hydrogens (tertiary/aromatic N) is 3. The van der Waals surface area contributed by atoms with Gasteiger partial charge in [-0.15, -0.1) is 24.0 Å². The smallest absolute Gasteiger partial charge is 0.234 e. The fraction of sp³-hybridized carbons (Fsp3) is 0.600. The van der Waals surface area contributed by atoms with Gasteiger partial charge in [0.1, 0.15) is 0 Å². The lowest BCUT2D eigenvalue weighted by atomic mass is 10.1. The first-order valence-corrected chi connectivity index (χ1v) is 9.99. The first kappa shape index (κ1) is 26.5. The van der Waals surface area contributed by atoms with Crippen molar-refractivity contribution >= 4 is 35.8 Å². The molecule has 0 atom stereocenters. The maximum absolute atomic E-state index is 13.8. The highest BCUT2D eigenvalue weighted by Crippen LogP contribution is 2.12. The standard InChI is InChI=1S/C20H31F2N5O2.HI/c1-3-23-20(25-8-7-16-5-4-6-17(21)19(16)22)27-12-10-26(11-13-27)15-18(28)24-9-14-29-2;/h4-6H,3,7-15H2,1-2H3,(H,23,25)(H,24,28);1H. The third-order valence-corrected chi connectivity index (χ3v) is 4.68. The first-order chi connectivity index (χ1) is 14.0. The maximum atomic E-state index is 13.8. The van der Waals surface area contributed by atoms with Gasteiger partial charge in [-0.2, -0.15) is 0 Å². The summed E-state index contributed by atoms with van der Waals surface area (Å²) in [5, 5.41) is 6.08. The fourth-order valence-electron chi connectivity index (χ4n) is 3.12. The van der Waals surface area contributed by atoms with E-state index in [1.54, 1.807) is 13.2 Å². The van der Waals surface area contributed by atoms with Crippen LogP contribution in [0.2, 0.25) is 0 Å². The Morgan fingerprint density at radius 3 is 2.60 bits per heavy atom. The van der Waals surface area contributed by atoms with Gasteiger partial charge in [0.05, 0.1) is 13.2 Å². The minimum absolute atomic E-state index is 0. The zero-order chi connectivity index (χ0) is 21.1. The number of amides is 1. The summed E-state index contributed by atoms with van der Waals surface area (Å²) in [5.41, 5.74) is 0.328. The van der Waals surface area contributed by atoms with E-state index in [1.807, 2.05) is 6.92 Å². The number of rotatable bonds is 9. The number of ether oxygens (including phenoxy) is 1. The molecule has 0 bridgehead atoms. The summed E-state index contributed by atoms with van der Waals surface area (Å²) >= 11 is 0. The summed E-state index contributed by atoms with van der Waals surface area (Å²) in [6.07, 6.45) is 0.333. The molecule has 0 spiro atoms. The van der Waals surface area contributed by atoms with Crippen LogP contribution in [0.5, 0.6) is 0 Å². The van der Waals surface area contributed by atoms with Crippen molar-refractivity contribution in [1.29, 1.82) is 0 Å². The number of piperazine rings is 1. The molecule has 0 aromatic heterocycles. The van der Waals surface area contributed by atoms with E-state index in [2.05, 4.69) is 25.4 Å². The third kappa shape index (κ3) is 8.68. The molecule has 1 aromatic carbocycles. The predicted octanol–water partition coefficient (Wildman–Crippen LogP) is 1.47. The Bertz CT molecular complexity index is 685. The number of aliphatic imine (C=N–C) groups is 1. The second-order valence-corrected chi connectivity index (χ2v) is 6.80. The van der Waals surface area contributed by atoms with Crippen LogP contribution < -0.4 is 10.6 Å². The van der Waals surface area contributed by atoms with Gasteiger partial charge in [-0.3, -0.25) is 14.7 Å². The van der Waals surface area contributed by atoms with Gasteiger partial charge >= 0.3 is 0 Å². The number of nitrogens with one attached hydrogen (secondary N) is 2. The van der Waals surface area contributed by atoms with Crippen molar-refractivity contribution in [3.8, 4) is 0 Å². The number of carbonyl (C=O) groups excluding carboxylic acids is 1. The molecule has 0 unspecified atom stereocenters. The van der Waals surface area contributed by atoms with Crippen LogP contribution in [-0.2, 0) is 16.0 Å². The van der Waals surface area contributed by atoms with Gasteiger partial charge in [-0.05, 0) is 25.0 Å². The number of carbonyl (C=O) groups is 1. The summed E-state index contributed by atoms with van der Waals surface area (Å²) in [6.45, 7) is 7.44. The minimum Gasteiger partial charge on any atom is -0.383 e. The number of benzene rings is 1. The lowest BCUT2D eigenvalue weighted by Crippen LogP contribution is -2.54. The fourth-order valence-corrected chi connectivity index (χ4v) is 3.12. The van der Waals surface area contributed by atoms with Crippen LogP contribution in [0.4, 0.5) is 8.78 Å². The highest BCUT2D eigenvalue weighted by Gasteiger charge is 2.21. The van der Waals surface area contributed by atoms with Gasteiger partial charge < -0.3 is 20.3 Å². The zero-order valence-electron chi connectivity index (χ0n) is 17.6. The molecule has 1 fully saturated rings. The molecule has 0 radical (unpaired) electrons.